The van der Waals surface area contributed by atoms with Crippen LogP contribution in [0.3, 0.4) is 0 Å². The SMILES string of the molecule is O=c1c2occc2nc(C(F)(F)F)n1-c1nc(-c2ccc(Br)cc2)cs1. The van der Waals surface area contributed by atoms with Crippen LogP contribution in [0.1, 0.15) is 5.82 Å². The molecule has 0 aliphatic rings. The number of rotatable bonds is 2. The van der Waals surface area contributed by atoms with Gasteiger partial charge in [0.1, 0.15) is 5.52 Å². The van der Waals surface area contributed by atoms with E-state index in [-0.39, 0.29) is 16.2 Å². The topological polar surface area (TPSA) is 60.9 Å². The van der Waals surface area contributed by atoms with Gasteiger partial charge in [-0.05, 0) is 12.1 Å². The highest BCUT2D eigenvalue weighted by Gasteiger charge is 2.39. The van der Waals surface area contributed by atoms with Gasteiger partial charge in [-0.15, -0.1) is 11.3 Å². The molecule has 0 saturated heterocycles. The molecule has 0 bridgehead atoms. The molecule has 132 valence electrons. The third-order valence-electron chi connectivity index (χ3n) is 3.56. The van der Waals surface area contributed by atoms with Crippen LogP contribution in [0, 0.1) is 0 Å². The smallest absolute Gasteiger partial charge is 0.450 e. The first-order chi connectivity index (χ1) is 12.3. The summed E-state index contributed by atoms with van der Waals surface area (Å²) in [6, 6.07) is 8.33. The van der Waals surface area contributed by atoms with Crippen molar-refractivity contribution >= 4 is 38.4 Å². The van der Waals surface area contributed by atoms with Crippen molar-refractivity contribution in [3.8, 4) is 16.4 Å². The third kappa shape index (κ3) is 2.84. The van der Waals surface area contributed by atoms with Crippen LogP contribution in [0.4, 0.5) is 13.2 Å². The van der Waals surface area contributed by atoms with Gasteiger partial charge >= 0.3 is 11.7 Å². The lowest BCUT2D eigenvalue weighted by Gasteiger charge is -2.11. The molecule has 0 aliphatic carbocycles. The number of hydrogen-bond donors (Lipinski definition) is 0. The number of aromatic nitrogens is 3. The standard InChI is InChI=1S/C16H7BrF3N3O2S/c17-9-3-1-8(2-4-9)11-7-26-15(22-11)23-13(24)12-10(5-6-25-12)21-14(23)16(18,19)20/h1-7H. The maximum Gasteiger partial charge on any atom is 0.450 e. The van der Waals surface area contributed by atoms with E-state index < -0.39 is 17.6 Å². The van der Waals surface area contributed by atoms with E-state index in [1.54, 1.807) is 29.6 Å². The lowest BCUT2D eigenvalue weighted by molar-refractivity contribution is -0.146. The van der Waals surface area contributed by atoms with Crippen molar-refractivity contribution < 1.29 is 17.6 Å². The predicted molar refractivity (Wildman–Crippen MR) is 93.4 cm³/mol. The molecule has 3 aromatic heterocycles. The molecular formula is C16H7BrF3N3O2S. The van der Waals surface area contributed by atoms with Crippen molar-refractivity contribution in [1.29, 1.82) is 0 Å². The maximum atomic E-state index is 13.4. The first-order valence-corrected chi connectivity index (χ1v) is 8.81. The Morgan fingerprint density at radius 3 is 2.54 bits per heavy atom. The summed E-state index contributed by atoms with van der Waals surface area (Å²) < 4.78 is 46.6. The molecule has 10 heteroatoms. The van der Waals surface area contributed by atoms with E-state index in [1.807, 2.05) is 0 Å². The van der Waals surface area contributed by atoms with Gasteiger partial charge in [-0.3, -0.25) is 4.79 Å². The van der Waals surface area contributed by atoms with Gasteiger partial charge in [0.2, 0.25) is 11.4 Å². The Balaban J connectivity index is 1.93. The van der Waals surface area contributed by atoms with Crippen LogP contribution in [0.2, 0.25) is 0 Å². The molecule has 3 heterocycles. The van der Waals surface area contributed by atoms with E-state index in [9.17, 15) is 18.0 Å². The van der Waals surface area contributed by atoms with E-state index in [0.29, 0.717) is 15.8 Å². The summed E-state index contributed by atoms with van der Waals surface area (Å²) in [4.78, 5) is 20.3. The zero-order chi connectivity index (χ0) is 18.5. The quantitative estimate of drug-likeness (QED) is 0.444. The first-order valence-electron chi connectivity index (χ1n) is 7.14. The Bertz CT molecular complexity index is 1160. The van der Waals surface area contributed by atoms with E-state index in [2.05, 4.69) is 25.9 Å². The molecule has 0 N–H and O–H groups in total. The van der Waals surface area contributed by atoms with Gasteiger partial charge in [-0.2, -0.15) is 13.2 Å². The number of alkyl halides is 3. The second-order valence-electron chi connectivity index (χ2n) is 5.23. The van der Waals surface area contributed by atoms with Crippen LogP contribution >= 0.6 is 27.3 Å². The van der Waals surface area contributed by atoms with Crippen LogP contribution < -0.4 is 5.56 Å². The molecule has 4 aromatic rings. The first kappa shape index (κ1) is 17.0. The summed E-state index contributed by atoms with van der Waals surface area (Å²) in [7, 11) is 0. The number of furan rings is 1. The second kappa shape index (κ2) is 6.06. The van der Waals surface area contributed by atoms with Crippen molar-refractivity contribution in [3.63, 3.8) is 0 Å². The normalized spacial score (nSPS) is 12.0. The van der Waals surface area contributed by atoms with E-state index in [4.69, 9.17) is 4.42 Å². The number of nitrogens with zero attached hydrogens (tertiary/aromatic N) is 3. The van der Waals surface area contributed by atoms with Crippen LogP contribution in [-0.4, -0.2) is 14.5 Å². The molecule has 0 saturated carbocycles. The van der Waals surface area contributed by atoms with Crippen LogP contribution in [0.5, 0.6) is 0 Å². The lowest BCUT2D eigenvalue weighted by Crippen LogP contribution is -2.28. The summed E-state index contributed by atoms with van der Waals surface area (Å²) in [6.45, 7) is 0. The Labute approximate surface area is 155 Å². The van der Waals surface area contributed by atoms with Gasteiger partial charge in [0.05, 0.1) is 12.0 Å². The van der Waals surface area contributed by atoms with Gasteiger partial charge < -0.3 is 4.42 Å². The van der Waals surface area contributed by atoms with Crippen molar-refractivity contribution in [1.82, 2.24) is 14.5 Å². The Hall–Kier alpha value is -2.46. The van der Waals surface area contributed by atoms with E-state index in [1.165, 1.54) is 6.07 Å². The van der Waals surface area contributed by atoms with Gasteiger partial charge in [-0.25, -0.2) is 14.5 Å². The molecule has 0 amide bonds. The molecule has 0 atom stereocenters. The molecule has 0 unspecified atom stereocenters. The highest BCUT2D eigenvalue weighted by molar-refractivity contribution is 9.10. The van der Waals surface area contributed by atoms with Crippen molar-refractivity contribution in [2.45, 2.75) is 6.18 Å². The Morgan fingerprint density at radius 2 is 1.85 bits per heavy atom. The molecule has 0 aliphatic heterocycles. The zero-order valence-electron chi connectivity index (χ0n) is 12.6. The molecule has 0 spiro atoms. The Morgan fingerprint density at radius 1 is 1.12 bits per heavy atom. The fraction of sp³-hybridized carbons (Fsp3) is 0.0625. The maximum absolute atomic E-state index is 13.4. The fourth-order valence-corrected chi connectivity index (χ4v) is 3.50. The van der Waals surface area contributed by atoms with Crippen molar-refractivity contribution in [2.24, 2.45) is 0 Å². The number of hydrogen-bond acceptors (Lipinski definition) is 5. The number of thiazole rings is 1. The summed E-state index contributed by atoms with van der Waals surface area (Å²) >= 11 is 4.23. The molecule has 0 fully saturated rings. The average molecular weight is 442 g/mol. The van der Waals surface area contributed by atoms with E-state index in [0.717, 1.165) is 22.1 Å². The molecule has 4 rings (SSSR count). The molecule has 26 heavy (non-hydrogen) atoms. The molecule has 5 nitrogen and oxygen atoms in total. The molecular weight excluding hydrogens is 435 g/mol. The van der Waals surface area contributed by atoms with Crippen LogP contribution in [0.15, 0.2) is 55.7 Å². The van der Waals surface area contributed by atoms with Gasteiger partial charge in [0, 0.05) is 21.5 Å². The summed E-state index contributed by atoms with van der Waals surface area (Å²) in [5.74, 6) is -1.34. The monoisotopic (exact) mass is 441 g/mol. The predicted octanol–water partition coefficient (Wildman–Crippen LogP) is 4.88. The van der Waals surface area contributed by atoms with Crippen molar-refractivity contribution in [3.05, 3.63) is 62.6 Å². The number of benzene rings is 1. The average Bonchev–Trinajstić information content (AvgIpc) is 3.23. The lowest BCUT2D eigenvalue weighted by atomic mass is 10.2. The highest BCUT2D eigenvalue weighted by atomic mass is 79.9. The number of halogens is 4. The van der Waals surface area contributed by atoms with Crippen LogP contribution in [0.25, 0.3) is 27.5 Å². The number of fused-ring (bicyclic) bond motifs is 1. The molecule has 1 aromatic carbocycles. The van der Waals surface area contributed by atoms with Gasteiger partial charge in [0.25, 0.3) is 0 Å². The third-order valence-corrected chi connectivity index (χ3v) is 4.91. The summed E-state index contributed by atoms with van der Waals surface area (Å²) in [5, 5.41) is 1.45. The van der Waals surface area contributed by atoms with Gasteiger partial charge in [0.15, 0.2) is 5.13 Å². The van der Waals surface area contributed by atoms with E-state index >= 15 is 0 Å². The summed E-state index contributed by atoms with van der Waals surface area (Å²) in [6.07, 6.45) is -3.70. The summed E-state index contributed by atoms with van der Waals surface area (Å²) in [5.41, 5.74) is -0.188. The highest BCUT2D eigenvalue weighted by Crippen LogP contribution is 2.32. The zero-order valence-corrected chi connectivity index (χ0v) is 15.0. The minimum Gasteiger partial charge on any atom is -0.457 e. The minimum absolute atomic E-state index is 0.133. The second-order valence-corrected chi connectivity index (χ2v) is 6.98. The van der Waals surface area contributed by atoms with Crippen LogP contribution in [-0.2, 0) is 6.18 Å². The Kier molecular flexibility index (Phi) is 3.96. The molecule has 0 radical (unpaired) electrons. The largest absolute Gasteiger partial charge is 0.457 e. The minimum atomic E-state index is -4.83. The fourth-order valence-electron chi connectivity index (χ4n) is 2.40. The van der Waals surface area contributed by atoms with Gasteiger partial charge in [-0.1, -0.05) is 28.1 Å². The van der Waals surface area contributed by atoms with Crippen molar-refractivity contribution in [2.75, 3.05) is 0 Å².